The van der Waals surface area contributed by atoms with Crippen molar-refractivity contribution in [1.29, 1.82) is 0 Å². The normalized spacial score (nSPS) is 15.2. The Bertz CT molecular complexity index is 2380. The fraction of sp³-hybridized carbons (Fsp3) is 0.0377. The molecule has 264 valence electrons. The Morgan fingerprint density at radius 1 is 0.436 bits per heavy atom. The smallest absolute Gasteiger partial charge is 0.361 e. The number of hydrogen-bond donors (Lipinski definition) is 0. The van der Waals surface area contributed by atoms with Gasteiger partial charge in [-0.2, -0.15) is 0 Å². The molecule has 2 aliphatic rings. The largest absolute Gasteiger partial charge is 0.456 e. The van der Waals surface area contributed by atoms with Gasteiger partial charge in [-0.05, 0) is 82.7 Å². The van der Waals surface area contributed by atoms with Crippen LogP contribution < -0.4 is 0 Å². The lowest BCUT2D eigenvalue weighted by Crippen LogP contribution is -1.99. The van der Waals surface area contributed by atoms with E-state index in [1.807, 2.05) is 72.8 Å². The molecule has 0 amide bonds. The van der Waals surface area contributed by atoms with Crippen LogP contribution in [-0.4, -0.2) is 0 Å². The molecule has 0 atom stereocenters. The van der Waals surface area contributed by atoms with Crippen molar-refractivity contribution in [2.75, 3.05) is 0 Å². The van der Waals surface area contributed by atoms with Crippen LogP contribution >= 0.6 is 0 Å². The quantitative estimate of drug-likeness (QED) is 0.104. The maximum atomic E-state index is 6.39. The van der Waals surface area contributed by atoms with Gasteiger partial charge in [-0.15, -0.1) is 0 Å². The summed E-state index contributed by atoms with van der Waals surface area (Å²) in [7, 11) is 0. The summed E-state index contributed by atoms with van der Waals surface area (Å²) in [6.07, 6.45) is 23.6. The maximum Gasteiger partial charge on any atom is 0.361 e. The molecule has 0 N–H and O–H groups in total. The first-order valence-corrected chi connectivity index (χ1v) is 18.8. The second-order valence-electron chi connectivity index (χ2n) is 13.4. The number of allylic oxidation sites excluding steroid dienone is 13. The van der Waals surface area contributed by atoms with E-state index in [0.29, 0.717) is 0 Å². The minimum atomic E-state index is 0.839. The van der Waals surface area contributed by atoms with Crippen molar-refractivity contribution in [3.8, 4) is 22.6 Å². The van der Waals surface area contributed by atoms with Crippen molar-refractivity contribution >= 4 is 23.2 Å². The van der Waals surface area contributed by atoms with Crippen LogP contribution in [0, 0.1) is 0 Å². The van der Waals surface area contributed by atoms with Crippen molar-refractivity contribution in [2.24, 2.45) is 0 Å². The standard InChI is InChI=1S/C53H41O2/c1-6-22-42(23-7-1)49-36-40(37-50(54-49)43-24-8-2-9-25-43)20-16-18-32-47-34-35-48(53(47)46-30-14-5-15-31-46)33-19-17-21-41-38-51(44-26-10-3-11-27-44)55-52(39-41)45-28-12-4-13-29-45/h1-33,36-39H,34-35H2/q+1. The average Bonchev–Trinajstić information content (AvgIpc) is 3.67. The van der Waals surface area contributed by atoms with Gasteiger partial charge in [-0.3, -0.25) is 0 Å². The number of rotatable bonds is 10. The van der Waals surface area contributed by atoms with Crippen molar-refractivity contribution in [3.05, 3.63) is 257 Å². The lowest BCUT2D eigenvalue weighted by molar-refractivity contribution is 0.467. The van der Waals surface area contributed by atoms with E-state index < -0.39 is 0 Å². The highest BCUT2D eigenvalue weighted by atomic mass is 16.5. The van der Waals surface area contributed by atoms with Gasteiger partial charge in [0.2, 0.25) is 0 Å². The van der Waals surface area contributed by atoms with E-state index in [1.165, 1.54) is 22.3 Å². The minimum absolute atomic E-state index is 0.839. The summed E-state index contributed by atoms with van der Waals surface area (Å²) < 4.78 is 12.8. The Hall–Kier alpha value is -7.03. The lowest BCUT2D eigenvalue weighted by atomic mass is 9.97. The highest BCUT2D eigenvalue weighted by Crippen LogP contribution is 2.39. The van der Waals surface area contributed by atoms with Gasteiger partial charge >= 0.3 is 11.5 Å². The third-order valence-electron chi connectivity index (χ3n) is 9.63. The molecule has 1 aliphatic carbocycles. The summed E-state index contributed by atoms with van der Waals surface area (Å²) in [5.41, 5.74) is 11.6. The van der Waals surface area contributed by atoms with Gasteiger partial charge in [0.25, 0.3) is 0 Å². The summed E-state index contributed by atoms with van der Waals surface area (Å²) >= 11 is 0. The first-order valence-electron chi connectivity index (χ1n) is 18.8. The first-order chi connectivity index (χ1) is 27.3. The van der Waals surface area contributed by atoms with Crippen LogP contribution in [0.4, 0.5) is 0 Å². The molecule has 2 heterocycles. The van der Waals surface area contributed by atoms with Crippen molar-refractivity contribution in [2.45, 2.75) is 12.8 Å². The highest BCUT2D eigenvalue weighted by Gasteiger charge is 2.20. The van der Waals surface area contributed by atoms with Crippen LogP contribution in [0.5, 0.6) is 0 Å². The second kappa shape index (κ2) is 17.2. The van der Waals surface area contributed by atoms with Crippen LogP contribution in [0.15, 0.2) is 240 Å². The van der Waals surface area contributed by atoms with E-state index in [1.54, 1.807) is 0 Å². The minimum Gasteiger partial charge on any atom is -0.456 e. The fourth-order valence-corrected chi connectivity index (χ4v) is 6.93. The first kappa shape index (κ1) is 35.0. The van der Waals surface area contributed by atoms with Gasteiger partial charge < -0.3 is 4.74 Å². The van der Waals surface area contributed by atoms with Crippen LogP contribution in [0.25, 0.3) is 45.8 Å². The second-order valence-corrected chi connectivity index (χ2v) is 13.4. The van der Waals surface area contributed by atoms with Gasteiger partial charge in [-0.1, -0.05) is 176 Å². The Morgan fingerprint density at radius 2 is 0.891 bits per heavy atom. The zero-order valence-electron chi connectivity index (χ0n) is 30.6. The Kier molecular flexibility index (Phi) is 11.0. The molecule has 1 aromatic heterocycles. The van der Waals surface area contributed by atoms with Crippen LogP contribution in [0.1, 0.15) is 35.1 Å². The fourth-order valence-electron chi connectivity index (χ4n) is 6.93. The average molecular weight is 710 g/mol. The molecular weight excluding hydrogens is 669 g/mol. The van der Waals surface area contributed by atoms with Crippen molar-refractivity contribution in [3.63, 3.8) is 0 Å². The van der Waals surface area contributed by atoms with E-state index in [4.69, 9.17) is 9.15 Å². The summed E-state index contributed by atoms with van der Waals surface area (Å²) in [6, 6.07) is 56.0. The molecule has 2 nitrogen and oxygen atoms in total. The van der Waals surface area contributed by atoms with E-state index in [-0.39, 0.29) is 0 Å². The Balaban J connectivity index is 1.06. The van der Waals surface area contributed by atoms with Gasteiger partial charge in [0.15, 0.2) is 0 Å². The summed E-state index contributed by atoms with van der Waals surface area (Å²) in [6.45, 7) is 0. The third-order valence-corrected chi connectivity index (χ3v) is 9.63. The third kappa shape index (κ3) is 8.79. The van der Waals surface area contributed by atoms with Crippen molar-refractivity contribution in [1.82, 2.24) is 0 Å². The molecule has 55 heavy (non-hydrogen) atoms. The summed E-state index contributed by atoms with van der Waals surface area (Å²) in [5.74, 6) is 3.36. The number of hydrogen-bond acceptors (Lipinski definition) is 1. The molecule has 0 spiro atoms. The van der Waals surface area contributed by atoms with E-state index in [9.17, 15) is 0 Å². The molecule has 6 aromatic rings. The van der Waals surface area contributed by atoms with Crippen molar-refractivity contribution < 1.29 is 9.15 Å². The molecule has 0 radical (unpaired) electrons. The molecular formula is C53H41O2+. The molecule has 0 fully saturated rings. The number of ether oxygens (including phenoxy) is 1. The monoisotopic (exact) mass is 709 g/mol. The zero-order chi connectivity index (χ0) is 37.1. The molecule has 0 unspecified atom stereocenters. The Morgan fingerprint density at radius 3 is 1.42 bits per heavy atom. The van der Waals surface area contributed by atoms with Crippen LogP contribution in [-0.2, 0) is 4.74 Å². The predicted octanol–water partition coefficient (Wildman–Crippen LogP) is 14.2. The van der Waals surface area contributed by atoms with Crippen LogP contribution in [0.3, 0.4) is 0 Å². The molecule has 0 bridgehead atoms. The molecule has 8 rings (SSSR count). The number of benzene rings is 5. The molecule has 2 heteroatoms. The topological polar surface area (TPSA) is 20.5 Å². The van der Waals surface area contributed by atoms with Gasteiger partial charge in [-0.25, -0.2) is 4.42 Å². The summed E-state index contributed by atoms with van der Waals surface area (Å²) in [4.78, 5) is 0. The molecule has 5 aromatic carbocycles. The predicted molar refractivity (Wildman–Crippen MR) is 230 cm³/mol. The molecule has 0 saturated heterocycles. The zero-order valence-corrected chi connectivity index (χ0v) is 30.6. The van der Waals surface area contributed by atoms with E-state index in [0.717, 1.165) is 69.3 Å². The van der Waals surface area contributed by atoms with Gasteiger partial charge in [0.05, 0.1) is 23.3 Å². The van der Waals surface area contributed by atoms with Gasteiger partial charge in [0.1, 0.15) is 11.5 Å². The molecule has 1 aliphatic heterocycles. The maximum absolute atomic E-state index is 6.39. The Labute approximate surface area is 324 Å². The SMILES string of the molecule is C(/C=C/C=C1\CCC(/C=C/C=C/c2cc(-c3ccccc3)[o+]c(-c3ccccc3)c2)=C1c1ccccc1)=C1C=C(c2ccccc2)OC(c2ccccc2)=C1. The summed E-state index contributed by atoms with van der Waals surface area (Å²) in [5, 5.41) is 0. The van der Waals surface area contributed by atoms with Crippen LogP contribution in [0.2, 0.25) is 0 Å². The van der Waals surface area contributed by atoms with E-state index >= 15 is 0 Å². The highest BCUT2D eigenvalue weighted by molar-refractivity contribution is 5.86. The van der Waals surface area contributed by atoms with Gasteiger partial charge in [0, 0.05) is 11.1 Å². The van der Waals surface area contributed by atoms with E-state index in [2.05, 4.69) is 152 Å². The molecule has 0 saturated carbocycles. The lowest BCUT2D eigenvalue weighted by Gasteiger charge is -2.18.